The Balaban J connectivity index is 2.78. The van der Waals surface area contributed by atoms with Crippen LogP contribution in [0.1, 0.15) is 20.3 Å². The second kappa shape index (κ2) is 2.99. The maximum absolute atomic E-state index is 11.2. The highest BCUT2D eigenvalue weighted by Gasteiger charge is 2.38. The molecule has 1 aliphatic heterocycles. The number of aliphatic hydroxyl groups excluding tert-OH is 1. The number of ether oxygens (including phenoxy) is 1. The van der Waals surface area contributed by atoms with E-state index in [0.717, 1.165) is 0 Å². The molecule has 1 aliphatic rings. The van der Waals surface area contributed by atoms with Crippen molar-refractivity contribution in [1.29, 1.82) is 0 Å². The van der Waals surface area contributed by atoms with E-state index in [1.807, 2.05) is 13.8 Å². The summed E-state index contributed by atoms with van der Waals surface area (Å²) < 4.78 is 5.42. The molecule has 0 aromatic heterocycles. The summed E-state index contributed by atoms with van der Waals surface area (Å²) in [7, 11) is 0. The third-order valence-electron chi connectivity index (χ3n) is 1.93. The van der Waals surface area contributed by atoms with Crippen molar-refractivity contribution in [2.24, 2.45) is 0 Å². The molecule has 0 aromatic carbocycles. The number of rotatable bonds is 1. The zero-order valence-electron chi connectivity index (χ0n) is 7.41. The number of aliphatic hydroxyl groups is 1. The normalized spacial score (nSPS) is 34.8. The molecule has 3 heteroatoms. The maximum atomic E-state index is 11.2. The molecule has 12 heavy (non-hydrogen) atoms. The lowest BCUT2D eigenvalue weighted by molar-refractivity contribution is -0.165. The van der Waals surface area contributed by atoms with Crippen LogP contribution in [-0.4, -0.2) is 28.7 Å². The van der Waals surface area contributed by atoms with E-state index in [1.54, 1.807) is 0 Å². The molecular formula is C9H14O3. The smallest absolute Gasteiger partial charge is 0.167 e. The summed E-state index contributed by atoms with van der Waals surface area (Å²) in [6.07, 6.45) is 0.138. The summed E-state index contributed by atoms with van der Waals surface area (Å²) in [4.78, 5) is 11.2. The minimum Gasteiger partial charge on any atom is -0.382 e. The Hall–Kier alpha value is -0.670. The van der Waals surface area contributed by atoms with Crippen molar-refractivity contribution in [2.75, 3.05) is 0 Å². The average Bonchev–Trinajstić information content (AvgIpc) is 1.96. The number of hydrogen-bond acceptors (Lipinski definition) is 3. The van der Waals surface area contributed by atoms with Crippen molar-refractivity contribution < 1.29 is 14.6 Å². The molecule has 0 aliphatic carbocycles. The van der Waals surface area contributed by atoms with E-state index in [9.17, 15) is 9.90 Å². The molecule has 68 valence electrons. The number of Topliss-reactive ketones (excluding diaryl/α,β-unsaturated/α-hetero) is 1. The van der Waals surface area contributed by atoms with E-state index >= 15 is 0 Å². The molecule has 1 saturated heterocycles. The van der Waals surface area contributed by atoms with Crippen molar-refractivity contribution in [3.8, 4) is 0 Å². The average molecular weight is 170 g/mol. The SMILES string of the molecule is C=C[C@H]1OC(C)(C)CC(=O)[C@@H]1O. The molecule has 2 atom stereocenters. The fraction of sp³-hybridized carbons (Fsp3) is 0.667. The highest BCUT2D eigenvalue weighted by molar-refractivity contribution is 5.85. The van der Waals surface area contributed by atoms with Gasteiger partial charge >= 0.3 is 0 Å². The maximum Gasteiger partial charge on any atom is 0.167 e. The molecule has 0 amide bonds. The van der Waals surface area contributed by atoms with Gasteiger partial charge < -0.3 is 9.84 Å². The topological polar surface area (TPSA) is 46.5 Å². The highest BCUT2D eigenvalue weighted by Crippen LogP contribution is 2.26. The number of carbonyl (C=O) groups is 1. The number of carbonyl (C=O) groups excluding carboxylic acids is 1. The molecule has 0 radical (unpaired) electrons. The van der Waals surface area contributed by atoms with Crippen LogP contribution in [0.15, 0.2) is 12.7 Å². The number of hydrogen-bond donors (Lipinski definition) is 1. The Kier molecular flexibility index (Phi) is 2.35. The van der Waals surface area contributed by atoms with E-state index in [2.05, 4.69) is 6.58 Å². The first-order valence-electron chi connectivity index (χ1n) is 3.97. The van der Waals surface area contributed by atoms with Gasteiger partial charge in [-0.3, -0.25) is 4.79 Å². The van der Waals surface area contributed by atoms with Crippen LogP contribution in [0.2, 0.25) is 0 Å². The van der Waals surface area contributed by atoms with Gasteiger partial charge in [0.2, 0.25) is 0 Å². The molecule has 0 aromatic rings. The van der Waals surface area contributed by atoms with E-state index < -0.39 is 17.8 Å². The minimum absolute atomic E-state index is 0.170. The Morgan fingerprint density at radius 2 is 2.33 bits per heavy atom. The van der Waals surface area contributed by atoms with Gasteiger partial charge in [0.15, 0.2) is 5.78 Å². The van der Waals surface area contributed by atoms with Gasteiger partial charge in [-0.15, -0.1) is 6.58 Å². The van der Waals surface area contributed by atoms with Crippen molar-refractivity contribution >= 4 is 5.78 Å². The summed E-state index contributed by atoms with van der Waals surface area (Å²) in [6, 6.07) is 0. The van der Waals surface area contributed by atoms with E-state index in [4.69, 9.17) is 4.74 Å². The zero-order chi connectivity index (χ0) is 9.35. The van der Waals surface area contributed by atoms with E-state index in [0.29, 0.717) is 0 Å². The second-order valence-electron chi connectivity index (χ2n) is 3.67. The van der Waals surface area contributed by atoms with Crippen LogP contribution in [0.25, 0.3) is 0 Å². The standard InChI is InChI=1S/C9H14O3/c1-4-7-8(11)6(10)5-9(2,3)12-7/h4,7-8,11H,1,5H2,2-3H3/t7-,8+/m1/s1. The summed E-state index contributed by atoms with van der Waals surface area (Å²) in [5.41, 5.74) is -0.477. The lowest BCUT2D eigenvalue weighted by Gasteiger charge is -2.36. The van der Waals surface area contributed by atoms with Crippen molar-refractivity contribution in [3.05, 3.63) is 12.7 Å². The van der Waals surface area contributed by atoms with Gasteiger partial charge in [-0.2, -0.15) is 0 Å². The molecule has 0 bridgehead atoms. The first kappa shape index (κ1) is 9.42. The predicted molar refractivity (Wildman–Crippen MR) is 44.8 cm³/mol. The molecule has 1 fully saturated rings. The van der Waals surface area contributed by atoms with Crippen LogP contribution in [0.4, 0.5) is 0 Å². The number of ketones is 1. The van der Waals surface area contributed by atoms with Gasteiger partial charge in [0.1, 0.15) is 12.2 Å². The van der Waals surface area contributed by atoms with Gasteiger partial charge in [-0.05, 0) is 13.8 Å². The second-order valence-corrected chi connectivity index (χ2v) is 3.67. The van der Waals surface area contributed by atoms with E-state index in [1.165, 1.54) is 6.08 Å². The molecule has 1 heterocycles. The summed E-state index contributed by atoms with van der Waals surface area (Å²) >= 11 is 0. The Bertz CT molecular complexity index is 208. The molecule has 1 rings (SSSR count). The van der Waals surface area contributed by atoms with Crippen LogP contribution in [0.3, 0.4) is 0 Å². The fourth-order valence-corrected chi connectivity index (χ4v) is 1.36. The quantitative estimate of drug-likeness (QED) is 0.588. The van der Waals surface area contributed by atoms with Crippen LogP contribution in [0, 0.1) is 0 Å². The molecule has 0 saturated carbocycles. The molecule has 0 unspecified atom stereocenters. The third kappa shape index (κ3) is 1.73. The Labute approximate surface area is 72.0 Å². The van der Waals surface area contributed by atoms with Gasteiger partial charge in [0, 0.05) is 6.42 Å². The summed E-state index contributed by atoms with van der Waals surface area (Å²) in [5, 5.41) is 9.32. The molecule has 3 nitrogen and oxygen atoms in total. The monoisotopic (exact) mass is 170 g/mol. The third-order valence-corrected chi connectivity index (χ3v) is 1.93. The minimum atomic E-state index is -1.03. The first-order valence-corrected chi connectivity index (χ1v) is 3.97. The van der Waals surface area contributed by atoms with Gasteiger partial charge in [-0.1, -0.05) is 6.08 Å². The molecule has 0 spiro atoms. The predicted octanol–water partition coefficient (Wildman–Crippen LogP) is 0.670. The van der Waals surface area contributed by atoms with Crippen molar-refractivity contribution in [3.63, 3.8) is 0 Å². The van der Waals surface area contributed by atoms with Gasteiger partial charge in [0.25, 0.3) is 0 Å². The fourth-order valence-electron chi connectivity index (χ4n) is 1.36. The lowest BCUT2D eigenvalue weighted by Crippen LogP contribution is -2.48. The Morgan fingerprint density at radius 3 is 2.83 bits per heavy atom. The summed E-state index contributed by atoms with van der Waals surface area (Å²) in [5.74, 6) is -0.170. The lowest BCUT2D eigenvalue weighted by atomic mass is 9.92. The van der Waals surface area contributed by atoms with Crippen LogP contribution in [0.5, 0.6) is 0 Å². The highest BCUT2D eigenvalue weighted by atomic mass is 16.5. The van der Waals surface area contributed by atoms with Crippen LogP contribution in [-0.2, 0) is 9.53 Å². The zero-order valence-corrected chi connectivity index (χ0v) is 7.41. The van der Waals surface area contributed by atoms with E-state index in [-0.39, 0.29) is 12.2 Å². The van der Waals surface area contributed by atoms with Gasteiger partial charge in [0.05, 0.1) is 5.60 Å². The summed E-state index contributed by atoms with van der Waals surface area (Å²) in [6.45, 7) is 7.15. The first-order chi connectivity index (χ1) is 5.46. The molecular weight excluding hydrogens is 156 g/mol. The van der Waals surface area contributed by atoms with Crippen LogP contribution < -0.4 is 0 Å². The van der Waals surface area contributed by atoms with Crippen molar-refractivity contribution in [2.45, 2.75) is 38.1 Å². The Morgan fingerprint density at radius 1 is 1.75 bits per heavy atom. The van der Waals surface area contributed by atoms with Crippen LogP contribution >= 0.6 is 0 Å². The van der Waals surface area contributed by atoms with Gasteiger partial charge in [-0.25, -0.2) is 0 Å². The molecule has 1 N–H and O–H groups in total. The largest absolute Gasteiger partial charge is 0.382 e. The van der Waals surface area contributed by atoms with Crippen molar-refractivity contribution in [1.82, 2.24) is 0 Å².